The number of aliphatic hydroxyl groups is 2. The second-order valence-electron chi connectivity index (χ2n) is 10.2. The van der Waals surface area contributed by atoms with Crippen LogP contribution in [0.25, 0.3) is 64.6 Å². The highest BCUT2D eigenvalue weighted by Gasteiger charge is 2.20. The lowest BCUT2D eigenvalue weighted by atomic mass is 9.90. The van der Waals surface area contributed by atoms with Crippen LogP contribution in [0.4, 0.5) is 11.4 Å². The van der Waals surface area contributed by atoms with Gasteiger partial charge < -0.3 is 19.7 Å². The predicted octanol–water partition coefficient (Wildman–Crippen LogP) is 8.84. The summed E-state index contributed by atoms with van der Waals surface area (Å²) < 4.78 is 12.2. The van der Waals surface area contributed by atoms with Crippen LogP contribution in [0.5, 0.6) is 11.5 Å². The van der Waals surface area contributed by atoms with Crippen molar-refractivity contribution in [2.24, 2.45) is 0 Å². The van der Waals surface area contributed by atoms with Crippen LogP contribution >= 0.6 is 0 Å². The number of rotatable bonds is 9. The summed E-state index contributed by atoms with van der Waals surface area (Å²) in [5.41, 5.74) is 6.68. The van der Waals surface area contributed by atoms with Gasteiger partial charge in [0, 0.05) is 11.1 Å². The van der Waals surface area contributed by atoms with Crippen molar-refractivity contribution >= 4 is 32.9 Å². The van der Waals surface area contributed by atoms with Crippen molar-refractivity contribution in [3.05, 3.63) is 132 Å². The van der Waals surface area contributed by atoms with E-state index < -0.39 is 0 Å². The molecule has 2 N–H and O–H groups in total. The van der Waals surface area contributed by atoms with Gasteiger partial charge in [0.2, 0.25) is 0 Å². The quantitative estimate of drug-likeness (QED) is 0.169. The lowest BCUT2D eigenvalue weighted by Crippen LogP contribution is -2.05. The summed E-state index contributed by atoms with van der Waals surface area (Å²) in [7, 11) is 0. The number of nitrogens with zero attached hydrogens (tertiary/aromatic N) is 2. The Morgan fingerprint density at radius 1 is 0.500 bits per heavy atom. The van der Waals surface area contributed by atoms with Crippen LogP contribution in [0, 0.1) is 13.1 Å². The van der Waals surface area contributed by atoms with Crippen LogP contribution < -0.4 is 9.47 Å². The van der Waals surface area contributed by atoms with Crippen LogP contribution in [-0.2, 0) is 0 Å². The molecule has 6 rings (SSSR count). The molecule has 6 heteroatoms. The molecule has 0 radical (unpaired) electrons. The third kappa shape index (κ3) is 5.56. The standard InChI is InChI=1S/C38H28N2O4/c1-39-31-7-3-5-25(23-31)27-9-13-33-29(21-27)11-15-35(43-19-17-41)37(33)38-34-14-10-28(26-6-4-8-32(24-26)40-2)22-30(34)12-16-36(38)44-20-18-42/h3-16,21-24,41-42H,17-20H2. The van der Waals surface area contributed by atoms with E-state index in [1.807, 2.05) is 72.8 Å². The molecular formula is C38H28N2O4. The molecule has 0 saturated carbocycles. The van der Waals surface area contributed by atoms with Crippen molar-refractivity contribution in [2.45, 2.75) is 0 Å². The topological polar surface area (TPSA) is 67.6 Å². The smallest absolute Gasteiger partial charge is 0.187 e. The highest BCUT2D eigenvalue weighted by molar-refractivity contribution is 6.11. The van der Waals surface area contributed by atoms with E-state index in [0.29, 0.717) is 22.9 Å². The minimum absolute atomic E-state index is 0.124. The first-order chi connectivity index (χ1) is 21.6. The van der Waals surface area contributed by atoms with Crippen LogP contribution in [0.3, 0.4) is 0 Å². The van der Waals surface area contributed by atoms with Gasteiger partial charge in [-0.15, -0.1) is 0 Å². The molecule has 0 unspecified atom stereocenters. The van der Waals surface area contributed by atoms with Crippen LogP contribution in [-0.4, -0.2) is 36.6 Å². The molecule has 0 saturated heterocycles. The third-order valence-electron chi connectivity index (χ3n) is 7.53. The molecule has 6 nitrogen and oxygen atoms in total. The fourth-order valence-electron chi connectivity index (χ4n) is 5.56. The zero-order chi connectivity index (χ0) is 30.5. The van der Waals surface area contributed by atoms with Gasteiger partial charge in [0.05, 0.1) is 26.4 Å². The number of ether oxygens (including phenoxy) is 2. The van der Waals surface area contributed by atoms with Gasteiger partial charge in [-0.05, 0) is 80.2 Å². The Bertz CT molecular complexity index is 1940. The van der Waals surface area contributed by atoms with Gasteiger partial charge in [-0.2, -0.15) is 0 Å². The fraction of sp³-hybridized carbons (Fsp3) is 0.105. The van der Waals surface area contributed by atoms with Crippen molar-refractivity contribution in [1.29, 1.82) is 0 Å². The summed E-state index contributed by atoms with van der Waals surface area (Å²) >= 11 is 0. The Kier molecular flexibility index (Phi) is 8.21. The summed E-state index contributed by atoms with van der Waals surface area (Å²) in [5.74, 6) is 1.20. The van der Waals surface area contributed by atoms with E-state index in [2.05, 4.69) is 34.0 Å². The number of aliphatic hydroxyl groups excluding tert-OH is 2. The van der Waals surface area contributed by atoms with Gasteiger partial charge in [0.25, 0.3) is 0 Å². The van der Waals surface area contributed by atoms with Crippen molar-refractivity contribution in [3.8, 4) is 44.9 Å². The molecule has 0 amide bonds. The van der Waals surface area contributed by atoms with Crippen molar-refractivity contribution in [3.63, 3.8) is 0 Å². The second-order valence-corrected chi connectivity index (χ2v) is 10.2. The first-order valence-corrected chi connectivity index (χ1v) is 14.2. The Balaban J connectivity index is 1.59. The first-order valence-electron chi connectivity index (χ1n) is 14.2. The average Bonchev–Trinajstić information content (AvgIpc) is 3.09. The monoisotopic (exact) mass is 576 g/mol. The highest BCUT2D eigenvalue weighted by atomic mass is 16.5. The van der Waals surface area contributed by atoms with Crippen LogP contribution in [0.1, 0.15) is 0 Å². The SMILES string of the molecule is [C-]#[N+]c1cccc(-c2ccc3c(-c4c(OCCO)ccc5cc(-c6cccc([N+]#[C-])c6)ccc45)c(OCCO)ccc3c2)c1. The summed E-state index contributed by atoms with van der Waals surface area (Å²) in [6, 6.07) is 35.3. The molecular weight excluding hydrogens is 548 g/mol. The normalized spacial score (nSPS) is 10.8. The van der Waals surface area contributed by atoms with Crippen LogP contribution in [0.2, 0.25) is 0 Å². The molecule has 44 heavy (non-hydrogen) atoms. The van der Waals surface area contributed by atoms with E-state index in [9.17, 15) is 10.2 Å². The van der Waals surface area contributed by atoms with Crippen molar-refractivity contribution < 1.29 is 19.7 Å². The van der Waals surface area contributed by atoms with E-state index in [1.54, 1.807) is 12.1 Å². The van der Waals surface area contributed by atoms with Gasteiger partial charge in [-0.25, -0.2) is 9.69 Å². The molecule has 0 aliphatic rings. The van der Waals surface area contributed by atoms with Gasteiger partial charge in [-0.1, -0.05) is 72.8 Å². The van der Waals surface area contributed by atoms with Crippen molar-refractivity contribution in [1.82, 2.24) is 0 Å². The van der Waals surface area contributed by atoms with E-state index in [0.717, 1.165) is 54.9 Å². The number of hydrogen-bond donors (Lipinski definition) is 2. The molecule has 0 heterocycles. The van der Waals surface area contributed by atoms with Crippen LogP contribution in [0.15, 0.2) is 109 Å². The van der Waals surface area contributed by atoms with Gasteiger partial charge in [-0.3, -0.25) is 0 Å². The molecule has 0 aliphatic heterocycles. The predicted molar refractivity (Wildman–Crippen MR) is 175 cm³/mol. The van der Waals surface area contributed by atoms with Gasteiger partial charge >= 0.3 is 0 Å². The molecule has 0 spiro atoms. The third-order valence-corrected chi connectivity index (χ3v) is 7.53. The van der Waals surface area contributed by atoms with E-state index in [1.165, 1.54) is 0 Å². The molecule has 0 fully saturated rings. The molecule has 214 valence electrons. The highest BCUT2D eigenvalue weighted by Crippen LogP contribution is 2.47. The Morgan fingerprint density at radius 3 is 1.34 bits per heavy atom. The lowest BCUT2D eigenvalue weighted by molar-refractivity contribution is 0.200. The largest absolute Gasteiger partial charge is 0.491 e. The zero-order valence-electron chi connectivity index (χ0n) is 23.8. The lowest BCUT2D eigenvalue weighted by Gasteiger charge is -2.20. The zero-order valence-corrected chi connectivity index (χ0v) is 23.8. The van der Waals surface area contributed by atoms with Gasteiger partial charge in [0.15, 0.2) is 11.4 Å². The van der Waals surface area contributed by atoms with E-state index >= 15 is 0 Å². The maximum absolute atomic E-state index is 9.61. The fourth-order valence-corrected chi connectivity index (χ4v) is 5.56. The molecule has 6 aromatic carbocycles. The maximum atomic E-state index is 9.61. The maximum Gasteiger partial charge on any atom is 0.187 e. The minimum Gasteiger partial charge on any atom is -0.491 e. The summed E-state index contributed by atoms with van der Waals surface area (Å²) in [4.78, 5) is 7.16. The first kappa shape index (κ1) is 28.5. The van der Waals surface area contributed by atoms with Gasteiger partial charge in [0.1, 0.15) is 24.7 Å². The summed E-state index contributed by atoms with van der Waals surface area (Å²) in [6.07, 6.45) is 0. The minimum atomic E-state index is -0.135. The molecule has 0 bridgehead atoms. The Hall–Kier alpha value is -5.66. The second kappa shape index (κ2) is 12.7. The number of benzene rings is 6. The molecule has 6 aromatic rings. The van der Waals surface area contributed by atoms with E-state index in [-0.39, 0.29) is 26.4 Å². The summed E-state index contributed by atoms with van der Waals surface area (Å²) in [5, 5.41) is 23.0. The number of fused-ring (bicyclic) bond motifs is 2. The van der Waals surface area contributed by atoms with E-state index in [4.69, 9.17) is 22.6 Å². The molecule has 0 atom stereocenters. The average molecular weight is 577 g/mol. The Labute approximate surface area is 255 Å². The molecule has 0 aromatic heterocycles. The molecule has 0 aliphatic carbocycles. The Morgan fingerprint density at radius 2 is 0.932 bits per heavy atom. The summed E-state index contributed by atoms with van der Waals surface area (Å²) in [6.45, 7) is 14.8. The van der Waals surface area contributed by atoms with Crippen molar-refractivity contribution in [2.75, 3.05) is 26.4 Å². The number of hydrogen-bond acceptors (Lipinski definition) is 4.